The number of aryl methyl sites for hydroxylation is 2. The summed E-state index contributed by atoms with van der Waals surface area (Å²) in [7, 11) is 0. The highest BCUT2D eigenvalue weighted by atomic mass is 16.5. The van der Waals surface area contributed by atoms with Gasteiger partial charge in [0.15, 0.2) is 0 Å². The van der Waals surface area contributed by atoms with E-state index in [4.69, 9.17) is 4.74 Å². The lowest BCUT2D eigenvalue weighted by atomic mass is 9.91. The van der Waals surface area contributed by atoms with Gasteiger partial charge in [0.05, 0.1) is 5.60 Å². The third-order valence-electron chi connectivity index (χ3n) is 5.37. The number of hydrogen-bond donors (Lipinski definition) is 1. The first-order chi connectivity index (χ1) is 10.6. The molecule has 22 heavy (non-hydrogen) atoms. The molecule has 2 fully saturated rings. The molecule has 0 spiro atoms. The van der Waals surface area contributed by atoms with Crippen molar-refractivity contribution in [2.75, 3.05) is 19.7 Å². The minimum atomic E-state index is -0.671. The summed E-state index contributed by atoms with van der Waals surface area (Å²) in [5, 5.41) is 10.9. The van der Waals surface area contributed by atoms with E-state index < -0.39 is 5.60 Å². The van der Waals surface area contributed by atoms with Gasteiger partial charge in [-0.05, 0) is 64.1 Å². The van der Waals surface area contributed by atoms with Crippen LogP contribution in [0.1, 0.15) is 49.7 Å². The average molecular weight is 303 g/mol. The molecule has 1 atom stereocenters. The van der Waals surface area contributed by atoms with E-state index >= 15 is 0 Å². The van der Waals surface area contributed by atoms with Gasteiger partial charge < -0.3 is 14.7 Å². The van der Waals surface area contributed by atoms with Gasteiger partial charge >= 0.3 is 0 Å². The third-order valence-corrected chi connectivity index (χ3v) is 5.37. The normalized spacial score (nSPS) is 27.2. The molecule has 0 bridgehead atoms. The number of benzene rings is 1. The molecule has 0 amide bonds. The van der Waals surface area contributed by atoms with Crippen LogP contribution < -0.4 is 4.74 Å². The molecule has 1 heterocycles. The standard InChI is InChI=1S/C19H29NO2/c1-15-7-8-18(16(2)13-15)22-14-19(21)9-4-11-20(12-10-19)17-5-3-6-17/h7-8,13,17,21H,3-6,9-12,14H2,1-2H3/t19-/m0/s1. The summed E-state index contributed by atoms with van der Waals surface area (Å²) in [5.74, 6) is 0.902. The van der Waals surface area contributed by atoms with Crippen molar-refractivity contribution in [3.05, 3.63) is 29.3 Å². The molecular weight excluding hydrogens is 274 g/mol. The number of likely N-dealkylation sites (tertiary alicyclic amines) is 1. The van der Waals surface area contributed by atoms with Crippen molar-refractivity contribution in [1.29, 1.82) is 0 Å². The number of ether oxygens (including phenoxy) is 1. The van der Waals surface area contributed by atoms with Crippen molar-refractivity contribution in [1.82, 2.24) is 4.90 Å². The molecule has 3 rings (SSSR count). The van der Waals surface area contributed by atoms with Crippen molar-refractivity contribution in [2.45, 2.75) is 64.0 Å². The Hall–Kier alpha value is -1.06. The summed E-state index contributed by atoms with van der Waals surface area (Å²) in [6.45, 7) is 6.71. The number of aliphatic hydroxyl groups is 1. The van der Waals surface area contributed by atoms with Gasteiger partial charge in [-0.3, -0.25) is 0 Å². The van der Waals surface area contributed by atoms with Crippen molar-refractivity contribution >= 4 is 0 Å². The minimum absolute atomic E-state index is 0.412. The second-order valence-corrected chi connectivity index (χ2v) is 7.26. The number of nitrogens with zero attached hydrogens (tertiary/aromatic N) is 1. The van der Waals surface area contributed by atoms with Gasteiger partial charge in [0.1, 0.15) is 12.4 Å². The van der Waals surface area contributed by atoms with Gasteiger partial charge in [0.25, 0.3) is 0 Å². The zero-order chi connectivity index (χ0) is 15.6. The second kappa shape index (κ2) is 6.59. The van der Waals surface area contributed by atoms with E-state index in [1.165, 1.54) is 24.8 Å². The van der Waals surface area contributed by atoms with Crippen LogP contribution in [0.25, 0.3) is 0 Å². The summed E-state index contributed by atoms with van der Waals surface area (Å²) in [6, 6.07) is 7.00. The second-order valence-electron chi connectivity index (χ2n) is 7.26. The summed E-state index contributed by atoms with van der Waals surface area (Å²) >= 11 is 0. The largest absolute Gasteiger partial charge is 0.490 e. The maximum absolute atomic E-state index is 10.9. The lowest BCUT2D eigenvalue weighted by molar-refractivity contribution is -0.0185. The van der Waals surface area contributed by atoms with Gasteiger partial charge in [-0.2, -0.15) is 0 Å². The SMILES string of the molecule is Cc1ccc(OC[C@]2(O)CCCN(C3CCC3)CC2)c(C)c1. The first kappa shape index (κ1) is 15.8. The Morgan fingerprint density at radius 2 is 2.00 bits per heavy atom. The van der Waals surface area contributed by atoms with Crippen molar-refractivity contribution in [3.8, 4) is 5.75 Å². The maximum atomic E-state index is 10.9. The highest BCUT2D eigenvalue weighted by Gasteiger charge is 2.34. The van der Waals surface area contributed by atoms with Crippen LogP contribution in [0.2, 0.25) is 0 Å². The summed E-state index contributed by atoms with van der Waals surface area (Å²) < 4.78 is 5.96. The fraction of sp³-hybridized carbons (Fsp3) is 0.684. The Kier molecular flexibility index (Phi) is 4.74. The van der Waals surface area contributed by atoms with Crippen LogP contribution in [0.4, 0.5) is 0 Å². The summed E-state index contributed by atoms with van der Waals surface area (Å²) in [4.78, 5) is 2.58. The first-order valence-corrected chi connectivity index (χ1v) is 8.72. The number of hydrogen-bond acceptors (Lipinski definition) is 3. The van der Waals surface area contributed by atoms with Crippen molar-refractivity contribution < 1.29 is 9.84 Å². The molecule has 1 N–H and O–H groups in total. The molecule has 1 aliphatic carbocycles. The van der Waals surface area contributed by atoms with Crippen LogP contribution in [0.3, 0.4) is 0 Å². The van der Waals surface area contributed by atoms with Crippen LogP contribution in [-0.4, -0.2) is 41.3 Å². The number of rotatable bonds is 4. The zero-order valence-electron chi connectivity index (χ0n) is 14.0. The Morgan fingerprint density at radius 1 is 1.18 bits per heavy atom. The monoisotopic (exact) mass is 303 g/mol. The van der Waals surface area contributed by atoms with E-state index in [9.17, 15) is 5.11 Å². The first-order valence-electron chi connectivity index (χ1n) is 8.72. The molecule has 3 heteroatoms. The molecule has 3 nitrogen and oxygen atoms in total. The maximum Gasteiger partial charge on any atom is 0.122 e. The van der Waals surface area contributed by atoms with Gasteiger partial charge in [-0.15, -0.1) is 0 Å². The van der Waals surface area contributed by atoms with Crippen LogP contribution in [0.15, 0.2) is 18.2 Å². The Labute approximate surface area is 134 Å². The molecule has 0 unspecified atom stereocenters. The van der Waals surface area contributed by atoms with E-state index in [0.717, 1.165) is 49.7 Å². The Balaban J connectivity index is 1.56. The van der Waals surface area contributed by atoms with E-state index in [-0.39, 0.29) is 0 Å². The fourth-order valence-corrected chi connectivity index (χ4v) is 3.63. The van der Waals surface area contributed by atoms with Crippen LogP contribution in [-0.2, 0) is 0 Å². The minimum Gasteiger partial charge on any atom is -0.490 e. The fourth-order valence-electron chi connectivity index (χ4n) is 3.63. The van der Waals surface area contributed by atoms with E-state index in [0.29, 0.717) is 6.61 Å². The molecule has 1 saturated carbocycles. The topological polar surface area (TPSA) is 32.7 Å². The quantitative estimate of drug-likeness (QED) is 0.924. The smallest absolute Gasteiger partial charge is 0.122 e. The summed E-state index contributed by atoms with van der Waals surface area (Å²) in [5.41, 5.74) is 1.72. The highest BCUT2D eigenvalue weighted by Crippen LogP contribution is 2.30. The Morgan fingerprint density at radius 3 is 2.68 bits per heavy atom. The van der Waals surface area contributed by atoms with Crippen LogP contribution in [0.5, 0.6) is 5.75 Å². The van der Waals surface area contributed by atoms with Crippen LogP contribution in [0, 0.1) is 13.8 Å². The summed E-state index contributed by atoms with van der Waals surface area (Å²) in [6.07, 6.45) is 6.81. The van der Waals surface area contributed by atoms with Gasteiger partial charge in [0, 0.05) is 12.6 Å². The van der Waals surface area contributed by atoms with E-state index in [1.807, 2.05) is 6.07 Å². The molecule has 1 aromatic rings. The molecule has 1 aliphatic heterocycles. The van der Waals surface area contributed by atoms with Gasteiger partial charge in [-0.25, -0.2) is 0 Å². The van der Waals surface area contributed by atoms with Crippen molar-refractivity contribution in [3.63, 3.8) is 0 Å². The molecule has 1 aromatic carbocycles. The van der Waals surface area contributed by atoms with Gasteiger partial charge in [-0.1, -0.05) is 24.1 Å². The molecule has 122 valence electrons. The van der Waals surface area contributed by atoms with Crippen LogP contribution >= 0.6 is 0 Å². The molecule has 0 aromatic heterocycles. The van der Waals surface area contributed by atoms with Crippen molar-refractivity contribution in [2.24, 2.45) is 0 Å². The molecule has 0 radical (unpaired) electrons. The molecule has 2 aliphatic rings. The molecule has 1 saturated heterocycles. The predicted molar refractivity (Wildman–Crippen MR) is 89.4 cm³/mol. The zero-order valence-corrected chi connectivity index (χ0v) is 14.0. The van der Waals surface area contributed by atoms with E-state index in [1.54, 1.807) is 0 Å². The lowest BCUT2D eigenvalue weighted by Crippen LogP contribution is -2.42. The Bertz CT molecular complexity index is 512. The third kappa shape index (κ3) is 3.64. The average Bonchev–Trinajstić information content (AvgIpc) is 2.59. The highest BCUT2D eigenvalue weighted by molar-refractivity contribution is 5.35. The predicted octanol–water partition coefficient (Wildman–Crippen LogP) is 3.45. The lowest BCUT2D eigenvalue weighted by Gasteiger charge is -2.37. The molecular formula is C19H29NO2. The van der Waals surface area contributed by atoms with E-state index in [2.05, 4.69) is 30.9 Å². The van der Waals surface area contributed by atoms with Gasteiger partial charge in [0.2, 0.25) is 0 Å².